The van der Waals surface area contributed by atoms with Crippen molar-refractivity contribution in [1.29, 1.82) is 0 Å². The summed E-state index contributed by atoms with van der Waals surface area (Å²) in [6, 6.07) is 10.5. The molecule has 20 heavy (non-hydrogen) atoms. The van der Waals surface area contributed by atoms with E-state index in [1.807, 2.05) is 18.0 Å². The van der Waals surface area contributed by atoms with E-state index in [0.29, 0.717) is 24.0 Å². The highest BCUT2D eigenvalue weighted by atomic mass is 16.5. The summed E-state index contributed by atoms with van der Waals surface area (Å²) < 4.78 is 10.4. The van der Waals surface area contributed by atoms with Crippen LogP contribution >= 0.6 is 0 Å². The summed E-state index contributed by atoms with van der Waals surface area (Å²) in [4.78, 5) is 6.17. The zero-order valence-corrected chi connectivity index (χ0v) is 10.9. The van der Waals surface area contributed by atoms with Gasteiger partial charge in [-0.05, 0) is 24.3 Å². The first kappa shape index (κ1) is 12.3. The van der Waals surface area contributed by atoms with Crippen LogP contribution in [0.1, 0.15) is 5.89 Å². The van der Waals surface area contributed by atoms with E-state index in [-0.39, 0.29) is 5.75 Å². The van der Waals surface area contributed by atoms with Crippen molar-refractivity contribution in [3.63, 3.8) is 0 Å². The van der Waals surface area contributed by atoms with Gasteiger partial charge in [-0.3, -0.25) is 0 Å². The predicted octanol–water partition coefficient (Wildman–Crippen LogP) is 2.67. The lowest BCUT2D eigenvalue weighted by Crippen LogP contribution is -2.16. The Morgan fingerprint density at radius 3 is 2.90 bits per heavy atom. The Morgan fingerprint density at radius 2 is 2.15 bits per heavy atom. The van der Waals surface area contributed by atoms with E-state index < -0.39 is 0 Å². The lowest BCUT2D eigenvalue weighted by atomic mass is 10.3. The molecule has 0 saturated heterocycles. The first-order valence-corrected chi connectivity index (χ1v) is 6.09. The highest BCUT2D eigenvalue weighted by molar-refractivity contribution is 5.50. The number of aromatic hydroxyl groups is 1. The van der Waals surface area contributed by atoms with Gasteiger partial charge in [0, 0.05) is 18.8 Å². The third-order valence-corrected chi connectivity index (χ3v) is 2.85. The number of phenols is 1. The van der Waals surface area contributed by atoms with Gasteiger partial charge in [-0.2, -0.15) is 4.98 Å². The Kier molecular flexibility index (Phi) is 3.12. The number of benzene rings is 1. The second-order valence-electron chi connectivity index (χ2n) is 4.36. The third-order valence-electron chi connectivity index (χ3n) is 2.85. The van der Waals surface area contributed by atoms with E-state index in [9.17, 15) is 5.11 Å². The molecule has 1 aromatic carbocycles. The van der Waals surface area contributed by atoms with Gasteiger partial charge in [0.25, 0.3) is 0 Å². The molecule has 0 aliphatic carbocycles. The number of anilines is 1. The van der Waals surface area contributed by atoms with Crippen molar-refractivity contribution in [1.82, 2.24) is 10.1 Å². The number of phenolic OH excluding ortho intramolecular Hbond substituents is 1. The standard InChI is InChI=1S/C14H13N3O3/c1-17(10-4-2-5-11(18)8-10)9-13-15-14(16-20-13)12-6-3-7-19-12/h2-8,18H,9H2,1H3. The summed E-state index contributed by atoms with van der Waals surface area (Å²) in [6.07, 6.45) is 1.56. The normalized spacial score (nSPS) is 10.7. The molecule has 2 aromatic heterocycles. The van der Waals surface area contributed by atoms with E-state index in [0.717, 1.165) is 5.69 Å². The zero-order valence-electron chi connectivity index (χ0n) is 10.9. The Morgan fingerprint density at radius 1 is 1.25 bits per heavy atom. The zero-order chi connectivity index (χ0) is 13.9. The van der Waals surface area contributed by atoms with E-state index in [4.69, 9.17) is 8.94 Å². The monoisotopic (exact) mass is 271 g/mol. The van der Waals surface area contributed by atoms with Crippen molar-refractivity contribution in [2.45, 2.75) is 6.54 Å². The molecule has 0 aliphatic rings. The van der Waals surface area contributed by atoms with Gasteiger partial charge >= 0.3 is 0 Å². The van der Waals surface area contributed by atoms with Crippen LogP contribution in [0, 0.1) is 0 Å². The maximum absolute atomic E-state index is 9.47. The van der Waals surface area contributed by atoms with Crippen molar-refractivity contribution in [2.24, 2.45) is 0 Å². The minimum absolute atomic E-state index is 0.219. The van der Waals surface area contributed by atoms with Gasteiger partial charge in [0.05, 0.1) is 12.8 Å². The van der Waals surface area contributed by atoms with Crippen molar-refractivity contribution >= 4 is 5.69 Å². The van der Waals surface area contributed by atoms with E-state index in [1.54, 1.807) is 36.6 Å². The summed E-state index contributed by atoms with van der Waals surface area (Å²) in [7, 11) is 1.88. The highest BCUT2D eigenvalue weighted by Gasteiger charge is 2.12. The van der Waals surface area contributed by atoms with Gasteiger partial charge in [0.15, 0.2) is 5.76 Å². The van der Waals surface area contributed by atoms with Crippen molar-refractivity contribution in [3.05, 3.63) is 48.6 Å². The lowest BCUT2D eigenvalue weighted by molar-refractivity contribution is 0.377. The Labute approximate surface area is 115 Å². The Balaban J connectivity index is 1.75. The molecule has 0 amide bonds. The molecule has 0 fully saturated rings. The number of nitrogens with zero attached hydrogens (tertiary/aromatic N) is 3. The fourth-order valence-corrected chi connectivity index (χ4v) is 1.85. The molecular formula is C14H13N3O3. The molecule has 3 aromatic rings. The van der Waals surface area contributed by atoms with Gasteiger partial charge in [0.1, 0.15) is 5.75 Å². The predicted molar refractivity (Wildman–Crippen MR) is 72.2 cm³/mol. The summed E-state index contributed by atoms with van der Waals surface area (Å²) in [5.41, 5.74) is 0.864. The smallest absolute Gasteiger partial charge is 0.246 e. The molecule has 0 bridgehead atoms. The maximum Gasteiger partial charge on any atom is 0.246 e. The van der Waals surface area contributed by atoms with Gasteiger partial charge < -0.3 is 18.9 Å². The first-order valence-electron chi connectivity index (χ1n) is 6.09. The summed E-state index contributed by atoms with van der Waals surface area (Å²) >= 11 is 0. The minimum Gasteiger partial charge on any atom is -0.508 e. The topological polar surface area (TPSA) is 75.5 Å². The molecule has 0 unspecified atom stereocenters. The van der Waals surface area contributed by atoms with Crippen LogP contribution in [-0.2, 0) is 6.54 Å². The molecule has 0 atom stereocenters. The van der Waals surface area contributed by atoms with E-state index >= 15 is 0 Å². The molecule has 2 heterocycles. The summed E-state index contributed by atoms with van der Waals surface area (Å²) in [6.45, 7) is 0.442. The van der Waals surface area contributed by atoms with Crippen LogP contribution in [0.25, 0.3) is 11.6 Å². The molecule has 6 heteroatoms. The summed E-state index contributed by atoms with van der Waals surface area (Å²) in [5.74, 6) is 1.69. The van der Waals surface area contributed by atoms with Crippen molar-refractivity contribution in [3.8, 4) is 17.3 Å². The third kappa shape index (κ3) is 2.49. The van der Waals surface area contributed by atoms with Crippen molar-refractivity contribution < 1.29 is 14.0 Å². The first-order chi connectivity index (χ1) is 9.72. The number of aromatic nitrogens is 2. The number of rotatable bonds is 4. The van der Waals surface area contributed by atoms with Gasteiger partial charge in [-0.1, -0.05) is 11.2 Å². The fourth-order valence-electron chi connectivity index (χ4n) is 1.85. The molecule has 6 nitrogen and oxygen atoms in total. The average Bonchev–Trinajstić information content (AvgIpc) is 3.08. The Bertz CT molecular complexity index is 691. The second-order valence-corrected chi connectivity index (χ2v) is 4.36. The van der Waals surface area contributed by atoms with Gasteiger partial charge in [-0.15, -0.1) is 0 Å². The summed E-state index contributed by atoms with van der Waals surface area (Å²) in [5, 5.41) is 13.3. The van der Waals surface area contributed by atoms with Crippen LogP contribution in [0.3, 0.4) is 0 Å². The molecular weight excluding hydrogens is 258 g/mol. The molecule has 3 rings (SSSR count). The molecule has 102 valence electrons. The molecule has 0 saturated carbocycles. The van der Waals surface area contributed by atoms with Crippen LogP contribution in [-0.4, -0.2) is 22.3 Å². The van der Waals surface area contributed by atoms with Crippen LogP contribution in [0.2, 0.25) is 0 Å². The van der Waals surface area contributed by atoms with Gasteiger partial charge in [0.2, 0.25) is 11.7 Å². The van der Waals surface area contributed by atoms with Crippen LogP contribution in [0.5, 0.6) is 5.75 Å². The molecule has 0 radical (unpaired) electrons. The molecule has 0 aliphatic heterocycles. The van der Waals surface area contributed by atoms with Gasteiger partial charge in [-0.25, -0.2) is 0 Å². The van der Waals surface area contributed by atoms with E-state index in [2.05, 4.69) is 10.1 Å². The minimum atomic E-state index is 0.219. The SMILES string of the molecule is CN(Cc1nc(-c2ccco2)no1)c1cccc(O)c1. The fraction of sp³-hybridized carbons (Fsp3) is 0.143. The van der Waals surface area contributed by atoms with Crippen molar-refractivity contribution in [2.75, 3.05) is 11.9 Å². The number of hydrogen-bond acceptors (Lipinski definition) is 6. The number of hydrogen-bond donors (Lipinski definition) is 1. The largest absolute Gasteiger partial charge is 0.508 e. The highest BCUT2D eigenvalue weighted by Crippen LogP contribution is 2.21. The van der Waals surface area contributed by atoms with Crippen LogP contribution in [0.4, 0.5) is 5.69 Å². The Hall–Kier alpha value is -2.76. The number of furan rings is 1. The maximum atomic E-state index is 9.47. The van der Waals surface area contributed by atoms with Crippen LogP contribution in [0.15, 0.2) is 51.6 Å². The van der Waals surface area contributed by atoms with Crippen LogP contribution < -0.4 is 4.90 Å². The second kappa shape index (κ2) is 5.08. The molecule has 1 N–H and O–H groups in total. The quantitative estimate of drug-likeness (QED) is 0.786. The van der Waals surface area contributed by atoms with E-state index in [1.165, 1.54) is 0 Å². The lowest BCUT2D eigenvalue weighted by Gasteiger charge is -2.16. The average molecular weight is 271 g/mol. The molecule has 0 spiro atoms.